The lowest BCUT2D eigenvalue weighted by atomic mass is 10.0. The number of halogens is 1. The van der Waals surface area contributed by atoms with E-state index >= 15 is 0 Å². The molecule has 0 saturated carbocycles. The van der Waals surface area contributed by atoms with Crippen LogP contribution >= 0.6 is 11.6 Å². The highest BCUT2D eigenvalue weighted by Gasteiger charge is 2.25. The average Bonchev–Trinajstić information content (AvgIpc) is 3.23. The molecule has 1 aliphatic heterocycles. The fourth-order valence-electron chi connectivity index (χ4n) is 3.04. The molecule has 4 rings (SSSR count). The third-order valence-electron chi connectivity index (χ3n) is 4.34. The van der Waals surface area contributed by atoms with E-state index < -0.39 is 11.8 Å². The smallest absolute Gasteiger partial charge is 0.313 e. The van der Waals surface area contributed by atoms with Gasteiger partial charge in [0, 0.05) is 17.0 Å². The van der Waals surface area contributed by atoms with Gasteiger partial charge in [-0.15, -0.1) is 0 Å². The Bertz CT molecular complexity index is 1020. The van der Waals surface area contributed by atoms with Gasteiger partial charge < -0.3 is 15.4 Å². The number of rotatable bonds is 3. The lowest BCUT2D eigenvalue weighted by Crippen LogP contribution is -2.39. The minimum Gasteiger partial charge on any atom is -0.493 e. The normalized spacial score (nSPS) is 15.2. The molecule has 2 N–H and O–H groups in total. The van der Waals surface area contributed by atoms with Gasteiger partial charge in [0.1, 0.15) is 18.4 Å². The van der Waals surface area contributed by atoms with Crippen LogP contribution in [0.4, 0.5) is 5.69 Å². The Kier molecular flexibility index (Phi) is 4.94. The van der Waals surface area contributed by atoms with Crippen molar-refractivity contribution in [3.8, 4) is 11.4 Å². The summed E-state index contributed by atoms with van der Waals surface area (Å²) in [7, 11) is 0. The highest BCUT2D eigenvalue weighted by molar-refractivity contribution is 6.40. The van der Waals surface area contributed by atoms with Gasteiger partial charge in [-0.2, -0.15) is 5.10 Å². The first-order chi connectivity index (χ1) is 13.6. The third-order valence-corrected chi connectivity index (χ3v) is 4.58. The largest absolute Gasteiger partial charge is 0.493 e. The van der Waals surface area contributed by atoms with Crippen molar-refractivity contribution in [1.29, 1.82) is 0 Å². The molecule has 0 aliphatic carbocycles. The van der Waals surface area contributed by atoms with Crippen LogP contribution in [0.1, 0.15) is 18.0 Å². The van der Waals surface area contributed by atoms with Gasteiger partial charge in [-0.3, -0.25) is 9.59 Å². The number of nitrogens with zero attached hydrogens (tertiary/aromatic N) is 3. The third kappa shape index (κ3) is 3.67. The molecule has 0 fully saturated rings. The number of carbonyl (C=O) groups excluding carboxylic acids is 2. The summed E-state index contributed by atoms with van der Waals surface area (Å²) in [4.78, 5) is 28.9. The van der Waals surface area contributed by atoms with E-state index in [-0.39, 0.29) is 6.04 Å². The summed E-state index contributed by atoms with van der Waals surface area (Å²) in [6.45, 7) is 0.467. The summed E-state index contributed by atoms with van der Waals surface area (Å²) < 4.78 is 7.05. The van der Waals surface area contributed by atoms with Gasteiger partial charge in [-0.1, -0.05) is 29.8 Å². The number of amides is 2. The van der Waals surface area contributed by atoms with E-state index in [1.165, 1.54) is 17.3 Å². The van der Waals surface area contributed by atoms with Crippen molar-refractivity contribution in [2.75, 3.05) is 11.9 Å². The molecule has 2 aromatic carbocycles. The van der Waals surface area contributed by atoms with Crippen LogP contribution in [0.15, 0.2) is 55.1 Å². The maximum atomic E-state index is 12.5. The first-order valence-corrected chi connectivity index (χ1v) is 8.98. The number of fused-ring (bicyclic) bond motifs is 1. The summed E-state index contributed by atoms with van der Waals surface area (Å²) in [5.41, 5.74) is 1.74. The lowest BCUT2D eigenvalue weighted by Gasteiger charge is -2.26. The van der Waals surface area contributed by atoms with Crippen molar-refractivity contribution in [3.05, 3.63) is 65.7 Å². The predicted octanol–water partition coefficient (Wildman–Crippen LogP) is 2.50. The molecule has 0 radical (unpaired) electrons. The molecule has 8 nitrogen and oxygen atoms in total. The number of para-hydroxylation sites is 1. The molecule has 2 heterocycles. The molecule has 0 spiro atoms. The van der Waals surface area contributed by atoms with Crippen LogP contribution in [0.5, 0.6) is 5.75 Å². The van der Waals surface area contributed by atoms with Gasteiger partial charge in [0.15, 0.2) is 0 Å². The molecule has 1 atom stereocenters. The van der Waals surface area contributed by atoms with Crippen LogP contribution in [0.25, 0.3) is 5.69 Å². The van der Waals surface area contributed by atoms with Crippen molar-refractivity contribution >= 4 is 29.1 Å². The number of carbonyl (C=O) groups is 2. The highest BCUT2D eigenvalue weighted by atomic mass is 35.5. The number of anilines is 1. The minimum absolute atomic E-state index is 0.294. The molecule has 9 heteroatoms. The molecular weight excluding hydrogens is 382 g/mol. The summed E-state index contributed by atoms with van der Waals surface area (Å²) in [6, 6.07) is 12.0. The molecule has 28 heavy (non-hydrogen) atoms. The van der Waals surface area contributed by atoms with E-state index in [2.05, 4.69) is 20.7 Å². The van der Waals surface area contributed by atoms with Gasteiger partial charge in [0.05, 0.1) is 24.0 Å². The van der Waals surface area contributed by atoms with Crippen LogP contribution in [0.2, 0.25) is 5.02 Å². The second kappa shape index (κ2) is 7.69. The second-order valence-corrected chi connectivity index (χ2v) is 6.59. The van der Waals surface area contributed by atoms with E-state index in [9.17, 15) is 9.59 Å². The number of ether oxygens (including phenoxy) is 1. The van der Waals surface area contributed by atoms with E-state index in [0.717, 1.165) is 5.56 Å². The Balaban J connectivity index is 1.51. The van der Waals surface area contributed by atoms with Gasteiger partial charge in [0.2, 0.25) is 0 Å². The molecule has 0 unspecified atom stereocenters. The van der Waals surface area contributed by atoms with Crippen LogP contribution < -0.4 is 15.4 Å². The number of benzene rings is 2. The van der Waals surface area contributed by atoms with E-state index in [4.69, 9.17) is 16.3 Å². The molecule has 3 aromatic rings. The second-order valence-electron chi connectivity index (χ2n) is 6.16. The molecule has 1 aromatic heterocycles. The molecule has 0 saturated heterocycles. The molecular formula is C19H16ClN5O3. The van der Waals surface area contributed by atoms with Crippen molar-refractivity contribution < 1.29 is 14.3 Å². The number of hydrogen-bond acceptors (Lipinski definition) is 5. The Morgan fingerprint density at radius 2 is 2.04 bits per heavy atom. The first kappa shape index (κ1) is 18.0. The van der Waals surface area contributed by atoms with E-state index in [1.807, 2.05) is 24.3 Å². The van der Waals surface area contributed by atoms with Crippen LogP contribution in [-0.2, 0) is 9.59 Å². The zero-order valence-corrected chi connectivity index (χ0v) is 15.4. The minimum atomic E-state index is -0.799. The average molecular weight is 398 g/mol. The Labute approximate surface area is 165 Å². The molecule has 142 valence electrons. The SMILES string of the molecule is O=C(Nc1cc(Cl)ccc1-n1cncn1)C(=O)N[C@H]1CCOc2ccccc21. The van der Waals surface area contributed by atoms with Gasteiger partial charge >= 0.3 is 11.8 Å². The number of aromatic nitrogens is 3. The number of nitrogens with one attached hydrogen (secondary N) is 2. The quantitative estimate of drug-likeness (QED) is 0.662. The molecule has 1 aliphatic rings. The predicted molar refractivity (Wildman–Crippen MR) is 102 cm³/mol. The number of hydrogen-bond donors (Lipinski definition) is 2. The van der Waals surface area contributed by atoms with Crippen molar-refractivity contribution in [2.24, 2.45) is 0 Å². The van der Waals surface area contributed by atoms with Crippen molar-refractivity contribution in [2.45, 2.75) is 12.5 Å². The zero-order chi connectivity index (χ0) is 19.5. The maximum absolute atomic E-state index is 12.5. The van der Waals surface area contributed by atoms with Crippen LogP contribution in [-0.4, -0.2) is 33.2 Å². The fraction of sp³-hybridized carbons (Fsp3) is 0.158. The summed E-state index contributed by atoms with van der Waals surface area (Å²) in [5.74, 6) is -0.832. The summed E-state index contributed by atoms with van der Waals surface area (Å²) >= 11 is 6.04. The molecule has 2 amide bonds. The van der Waals surface area contributed by atoms with E-state index in [1.54, 1.807) is 18.2 Å². The standard InChI is InChI=1S/C19H16ClN5O3/c20-12-5-6-16(25-11-21-10-22-25)15(9-12)24-19(27)18(26)23-14-7-8-28-17-4-2-1-3-13(14)17/h1-6,9-11,14H,7-8H2,(H,23,26)(H,24,27)/t14-/m0/s1. The first-order valence-electron chi connectivity index (χ1n) is 8.60. The van der Waals surface area contributed by atoms with Crippen LogP contribution in [0, 0.1) is 0 Å². The topological polar surface area (TPSA) is 98.1 Å². The van der Waals surface area contributed by atoms with Gasteiger partial charge in [0.25, 0.3) is 0 Å². The monoisotopic (exact) mass is 397 g/mol. The zero-order valence-electron chi connectivity index (χ0n) is 14.6. The Morgan fingerprint density at radius 1 is 1.18 bits per heavy atom. The maximum Gasteiger partial charge on any atom is 0.313 e. The van der Waals surface area contributed by atoms with Crippen molar-refractivity contribution in [1.82, 2.24) is 20.1 Å². The summed E-state index contributed by atoms with van der Waals surface area (Å²) in [5, 5.41) is 9.82. The van der Waals surface area contributed by atoms with Crippen LogP contribution in [0.3, 0.4) is 0 Å². The fourth-order valence-corrected chi connectivity index (χ4v) is 3.21. The Morgan fingerprint density at radius 3 is 2.86 bits per heavy atom. The van der Waals surface area contributed by atoms with Crippen molar-refractivity contribution in [3.63, 3.8) is 0 Å². The Hall–Kier alpha value is -3.39. The summed E-state index contributed by atoms with van der Waals surface area (Å²) in [6.07, 6.45) is 3.44. The highest BCUT2D eigenvalue weighted by Crippen LogP contribution is 2.31. The van der Waals surface area contributed by atoms with Gasteiger partial charge in [-0.25, -0.2) is 9.67 Å². The molecule has 0 bridgehead atoms. The van der Waals surface area contributed by atoms with E-state index in [0.29, 0.717) is 35.2 Å². The lowest BCUT2D eigenvalue weighted by molar-refractivity contribution is -0.136. The van der Waals surface area contributed by atoms with Gasteiger partial charge in [-0.05, 0) is 24.3 Å².